The zero-order chi connectivity index (χ0) is 12.3. The Kier molecular flexibility index (Phi) is 3.78. The number of hydrogen-bond acceptors (Lipinski definition) is 4. The van der Waals surface area contributed by atoms with Crippen LogP contribution in [0.5, 0.6) is 0 Å². The number of carbonyl (C=O) groups excluding carboxylic acids is 3. The summed E-state index contributed by atoms with van der Waals surface area (Å²) in [5, 5.41) is 0. The number of barbiturate groups is 1. The van der Waals surface area contributed by atoms with Gasteiger partial charge in [-0.15, -0.1) is 6.58 Å². The minimum atomic E-state index is -0.840. The Morgan fingerprint density at radius 1 is 1.38 bits per heavy atom. The Hall–Kier alpha value is -1.69. The normalized spacial score (nSPS) is 21.6. The van der Waals surface area contributed by atoms with Gasteiger partial charge in [-0.1, -0.05) is 6.08 Å². The summed E-state index contributed by atoms with van der Waals surface area (Å²) in [6, 6.07) is -0.608. The van der Waals surface area contributed by atoms with Crippen LogP contribution in [0, 0.1) is 5.92 Å². The molecule has 6 heteroatoms. The van der Waals surface area contributed by atoms with E-state index in [2.05, 4.69) is 6.58 Å². The van der Waals surface area contributed by atoms with Gasteiger partial charge in [0.2, 0.25) is 11.8 Å². The quantitative estimate of drug-likeness (QED) is 0.519. The van der Waals surface area contributed by atoms with Crippen LogP contribution in [-0.2, 0) is 9.59 Å². The number of amides is 4. The van der Waals surface area contributed by atoms with E-state index >= 15 is 0 Å². The second kappa shape index (κ2) is 4.89. The molecule has 1 saturated heterocycles. The molecule has 0 aromatic heterocycles. The molecule has 16 heavy (non-hydrogen) atoms. The topological polar surface area (TPSA) is 83.7 Å². The highest BCUT2D eigenvalue weighted by Gasteiger charge is 2.42. The van der Waals surface area contributed by atoms with Crippen LogP contribution in [0.2, 0.25) is 0 Å². The van der Waals surface area contributed by atoms with Crippen LogP contribution in [-0.4, -0.2) is 47.8 Å². The van der Waals surface area contributed by atoms with Gasteiger partial charge in [-0.25, -0.2) is 4.79 Å². The number of urea groups is 1. The highest BCUT2D eigenvalue weighted by atomic mass is 16.2. The van der Waals surface area contributed by atoms with E-state index in [0.29, 0.717) is 0 Å². The lowest BCUT2D eigenvalue weighted by Gasteiger charge is -2.34. The third-order valence-corrected chi connectivity index (χ3v) is 2.48. The van der Waals surface area contributed by atoms with E-state index in [1.54, 1.807) is 0 Å². The molecule has 0 spiro atoms. The summed E-state index contributed by atoms with van der Waals surface area (Å²) in [4.78, 5) is 37.1. The van der Waals surface area contributed by atoms with E-state index in [0.717, 1.165) is 9.80 Å². The van der Waals surface area contributed by atoms with E-state index in [1.807, 2.05) is 0 Å². The molecule has 1 unspecified atom stereocenters. The lowest BCUT2D eigenvalue weighted by Crippen LogP contribution is -2.58. The van der Waals surface area contributed by atoms with Crippen molar-refractivity contribution in [1.82, 2.24) is 9.80 Å². The minimum absolute atomic E-state index is 0.107. The van der Waals surface area contributed by atoms with Gasteiger partial charge < -0.3 is 5.73 Å². The van der Waals surface area contributed by atoms with Gasteiger partial charge in [0, 0.05) is 13.6 Å². The van der Waals surface area contributed by atoms with Gasteiger partial charge in [0.05, 0.1) is 0 Å². The van der Waals surface area contributed by atoms with E-state index in [1.165, 1.54) is 13.1 Å². The van der Waals surface area contributed by atoms with Gasteiger partial charge in [-0.05, 0) is 13.0 Å². The van der Waals surface area contributed by atoms with Crippen molar-refractivity contribution in [3.8, 4) is 0 Å². The summed E-state index contributed by atoms with van der Waals surface area (Å²) in [6.45, 7) is 3.80. The van der Waals surface area contributed by atoms with Crippen molar-refractivity contribution in [3.05, 3.63) is 12.7 Å². The molecule has 1 aliphatic heterocycles. The monoisotopic (exact) mass is 225 g/mol. The van der Waals surface area contributed by atoms with Crippen LogP contribution in [0.3, 0.4) is 0 Å². The number of rotatable bonds is 4. The summed E-state index contributed by atoms with van der Waals surface area (Å²) in [5.74, 6) is -1.81. The Labute approximate surface area is 93.7 Å². The van der Waals surface area contributed by atoms with E-state index in [9.17, 15) is 14.4 Å². The number of carbonyl (C=O) groups is 3. The van der Waals surface area contributed by atoms with Gasteiger partial charge in [-0.2, -0.15) is 0 Å². The SMILES string of the molecule is C=CCN1C(=O)C(CCN)C(=O)N(C)C1=O. The van der Waals surface area contributed by atoms with Crippen LogP contribution >= 0.6 is 0 Å². The molecule has 2 N–H and O–H groups in total. The molecule has 4 amide bonds. The van der Waals surface area contributed by atoms with Crippen molar-refractivity contribution < 1.29 is 14.4 Å². The third kappa shape index (κ3) is 1.96. The Balaban J connectivity index is 2.97. The van der Waals surface area contributed by atoms with Crippen LogP contribution in [0.1, 0.15) is 6.42 Å². The highest BCUT2D eigenvalue weighted by Crippen LogP contribution is 2.18. The van der Waals surface area contributed by atoms with E-state index in [-0.39, 0.29) is 19.5 Å². The lowest BCUT2D eigenvalue weighted by molar-refractivity contribution is -0.148. The number of hydrogen-bond donors (Lipinski definition) is 1. The van der Waals surface area contributed by atoms with Crippen molar-refractivity contribution >= 4 is 17.8 Å². The average Bonchev–Trinajstić information content (AvgIpc) is 2.28. The van der Waals surface area contributed by atoms with Crippen LogP contribution < -0.4 is 5.73 Å². The predicted octanol–water partition coefficient (Wildman–Crippen LogP) is -0.442. The fourth-order valence-electron chi connectivity index (χ4n) is 1.61. The third-order valence-electron chi connectivity index (χ3n) is 2.48. The first-order valence-corrected chi connectivity index (χ1v) is 4.98. The molecule has 1 aliphatic rings. The molecule has 1 heterocycles. The lowest BCUT2D eigenvalue weighted by atomic mass is 10.00. The summed E-state index contributed by atoms with van der Waals surface area (Å²) < 4.78 is 0. The van der Waals surface area contributed by atoms with Crippen LogP contribution in [0.15, 0.2) is 12.7 Å². The Morgan fingerprint density at radius 3 is 2.50 bits per heavy atom. The molecule has 0 aromatic carbocycles. The predicted molar refractivity (Wildman–Crippen MR) is 57.2 cm³/mol. The molecule has 1 atom stereocenters. The molecule has 6 nitrogen and oxygen atoms in total. The number of nitrogens with two attached hydrogens (primary N) is 1. The first kappa shape index (κ1) is 12.4. The van der Waals surface area contributed by atoms with Crippen molar-refractivity contribution in [1.29, 1.82) is 0 Å². The maximum Gasteiger partial charge on any atom is 0.333 e. The van der Waals surface area contributed by atoms with Crippen molar-refractivity contribution in [3.63, 3.8) is 0 Å². The molecule has 1 rings (SSSR count). The summed E-state index contributed by atoms with van der Waals surface area (Å²) in [6.07, 6.45) is 1.70. The van der Waals surface area contributed by atoms with Gasteiger partial charge in [0.1, 0.15) is 5.92 Å². The van der Waals surface area contributed by atoms with Crippen LogP contribution in [0.25, 0.3) is 0 Å². The molecule has 0 aromatic rings. The molecule has 1 fully saturated rings. The van der Waals surface area contributed by atoms with Crippen molar-refractivity contribution in [2.45, 2.75) is 6.42 Å². The Morgan fingerprint density at radius 2 is 2.00 bits per heavy atom. The minimum Gasteiger partial charge on any atom is -0.330 e. The second-order valence-corrected chi connectivity index (χ2v) is 3.55. The Bertz CT molecular complexity index is 340. The fraction of sp³-hybridized carbons (Fsp3) is 0.500. The fourth-order valence-corrected chi connectivity index (χ4v) is 1.61. The first-order chi connectivity index (χ1) is 7.54. The van der Waals surface area contributed by atoms with E-state index in [4.69, 9.17) is 5.73 Å². The maximum atomic E-state index is 11.8. The smallest absolute Gasteiger partial charge is 0.330 e. The van der Waals surface area contributed by atoms with Gasteiger partial charge >= 0.3 is 6.03 Å². The molecule has 0 radical (unpaired) electrons. The van der Waals surface area contributed by atoms with Crippen LogP contribution in [0.4, 0.5) is 4.79 Å². The molecule has 0 bridgehead atoms. The molecular weight excluding hydrogens is 210 g/mol. The van der Waals surface area contributed by atoms with Crippen molar-refractivity contribution in [2.24, 2.45) is 11.7 Å². The average molecular weight is 225 g/mol. The molecule has 0 saturated carbocycles. The summed E-state index contributed by atoms with van der Waals surface area (Å²) in [7, 11) is 1.36. The standard InChI is InChI=1S/C10H15N3O3/c1-3-6-13-9(15)7(4-5-11)8(14)12(2)10(13)16/h3,7H,1,4-6,11H2,2H3. The zero-order valence-electron chi connectivity index (χ0n) is 9.18. The zero-order valence-corrected chi connectivity index (χ0v) is 9.18. The van der Waals surface area contributed by atoms with Gasteiger partial charge in [-0.3, -0.25) is 19.4 Å². The highest BCUT2D eigenvalue weighted by molar-refractivity contribution is 6.15. The largest absolute Gasteiger partial charge is 0.333 e. The first-order valence-electron chi connectivity index (χ1n) is 4.98. The summed E-state index contributed by atoms with van der Waals surface area (Å²) >= 11 is 0. The van der Waals surface area contributed by atoms with Gasteiger partial charge in [0.15, 0.2) is 0 Å². The molecular formula is C10H15N3O3. The van der Waals surface area contributed by atoms with E-state index < -0.39 is 23.8 Å². The number of nitrogens with zero attached hydrogens (tertiary/aromatic N) is 2. The van der Waals surface area contributed by atoms with Crippen molar-refractivity contribution in [2.75, 3.05) is 20.1 Å². The number of imide groups is 2. The molecule has 0 aliphatic carbocycles. The summed E-state index contributed by atoms with van der Waals surface area (Å²) in [5.41, 5.74) is 5.34. The van der Waals surface area contributed by atoms with Gasteiger partial charge in [0.25, 0.3) is 0 Å². The maximum absolute atomic E-state index is 11.8. The second-order valence-electron chi connectivity index (χ2n) is 3.55. The molecule has 88 valence electrons.